The van der Waals surface area contributed by atoms with Crippen LogP contribution in [0.25, 0.3) is 0 Å². The molecule has 2 fully saturated rings. The summed E-state index contributed by atoms with van der Waals surface area (Å²) in [6, 6.07) is 11.5. The zero-order valence-electron chi connectivity index (χ0n) is 15.3. The number of rotatable bonds is 6. The van der Waals surface area contributed by atoms with Crippen LogP contribution >= 0.6 is 0 Å². The highest BCUT2D eigenvalue weighted by Crippen LogP contribution is 2.43. The molecule has 2 aliphatic rings. The van der Waals surface area contributed by atoms with Crippen molar-refractivity contribution in [1.29, 1.82) is 0 Å². The molecule has 0 unspecified atom stereocenters. The first-order chi connectivity index (χ1) is 13.0. The molecule has 7 heteroatoms. The maximum atomic E-state index is 12.8. The Morgan fingerprint density at radius 3 is 2.44 bits per heavy atom. The van der Waals surface area contributed by atoms with Crippen molar-refractivity contribution in [2.75, 3.05) is 19.6 Å². The van der Waals surface area contributed by atoms with Crippen LogP contribution < -0.4 is 4.72 Å². The van der Waals surface area contributed by atoms with Gasteiger partial charge in [0.05, 0.1) is 0 Å². The number of hydrogen-bond acceptors (Lipinski definition) is 3. The number of aromatic amines is 1. The van der Waals surface area contributed by atoms with Crippen molar-refractivity contribution in [3.05, 3.63) is 53.9 Å². The van der Waals surface area contributed by atoms with E-state index in [1.807, 2.05) is 18.2 Å². The van der Waals surface area contributed by atoms with E-state index >= 15 is 0 Å². The summed E-state index contributed by atoms with van der Waals surface area (Å²) in [5.74, 6) is -0.131. The molecule has 6 nitrogen and oxygen atoms in total. The smallest absolute Gasteiger partial charge is 0.270 e. The topological polar surface area (TPSA) is 82.3 Å². The first kappa shape index (κ1) is 18.3. The van der Waals surface area contributed by atoms with Crippen LogP contribution in [0.3, 0.4) is 0 Å². The van der Waals surface area contributed by atoms with E-state index in [2.05, 4.69) is 21.8 Å². The maximum Gasteiger partial charge on any atom is 0.270 e. The van der Waals surface area contributed by atoms with Crippen molar-refractivity contribution in [3.63, 3.8) is 0 Å². The van der Waals surface area contributed by atoms with Gasteiger partial charge < -0.3 is 9.88 Å². The molecular weight excluding hydrogens is 362 g/mol. The van der Waals surface area contributed by atoms with E-state index in [1.54, 1.807) is 4.90 Å². The SMILES string of the molecule is O=C(c1cc(S(=O)(=O)NCC2(c3ccccc3)CCC2)c[nH]1)N1CCCC1. The second-order valence-electron chi connectivity index (χ2n) is 7.57. The van der Waals surface area contributed by atoms with Gasteiger partial charge in [0.25, 0.3) is 5.91 Å². The van der Waals surface area contributed by atoms with Crippen LogP contribution in [0, 0.1) is 0 Å². The fourth-order valence-electron chi connectivity index (χ4n) is 4.02. The number of carbonyl (C=O) groups excluding carboxylic acids is 1. The lowest BCUT2D eigenvalue weighted by Gasteiger charge is -2.42. The summed E-state index contributed by atoms with van der Waals surface area (Å²) in [6.07, 6.45) is 6.47. The minimum atomic E-state index is -3.67. The van der Waals surface area contributed by atoms with Crippen LogP contribution in [0.4, 0.5) is 0 Å². The fourth-order valence-corrected chi connectivity index (χ4v) is 5.14. The number of H-pyrrole nitrogens is 1. The molecule has 1 aliphatic heterocycles. The summed E-state index contributed by atoms with van der Waals surface area (Å²) in [6.45, 7) is 1.84. The molecule has 0 radical (unpaired) electrons. The molecule has 27 heavy (non-hydrogen) atoms. The standard InChI is InChI=1S/C20H25N3O3S/c24-19(23-11-4-5-12-23)18-13-17(14-21-18)27(25,26)22-15-20(9-6-10-20)16-7-2-1-3-8-16/h1-3,7-8,13-14,21-22H,4-6,9-12,15H2. The summed E-state index contributed by atoms with van der Waals surface area (Å²) in [5.41, 5.74) is 1.38. The summed E-state index contributed by atoms with van der Waals surface area (Å²) in [7, 11) is -3.67. The van der Waals surface area contributed by atoms with Crippen molar-refractivity contribution >= 4 is 15.9 Å². The van der Waals surface area contributed by atoms with E-state index in [0.29, 0.717) is 12.2 Å². The van der Waals surface area contributed by atoms with E-state index in [-0.39, 0.29) is 16.2 Å². The van der Waals surface area contributed by atoms with Crippen molar-refractivity contribution in [2.24, 2.45) is 0 Å². The molecule has 1 aliphatic carbocycles. The van der Waals surface area contributed by atoms with Crippen LogP contribution in [0.1, 0.15) is 48.2 Å². The predicted octanol–water partition coefficient (Wildman–Crippen LogP) is 2.65. The number of aromatic nitrogens is 1. The van der Waals surface area contributed by atoms with E-state index in [9.17, 15) is 13.2 Å². The van der Waals surface area contributed by atoms with Gasteiger partial charge in [0, 0.05) is 31.2 Å². The average molecular weight is 388 g/mol. The number of amides is 1. The van der Waals surface area contributed by atoms with Crippen LogP contribution in [-0.2, 0) is 15.4 Å². The number of nitrogens with one attached hydrogen (secondary N) is 2. The number of benzene rings is 1. The highest BCUT2D eigenvalue weighted by Gasteiger charge is 2.39. The largest absolute Gasteiger partial charge is 0.356 e. The molecule has 1 aromatic carbocycles. The number of likely N-dealkylation sites (tertiary alicyclic amines) is 1. The molecule has 0 atom stereocenters. The Balaban J connectivity index is 1.47. The quantitative estimate of drug-likeness (QED) is 0.799. The van der Waals surface area contributed by atoms with Crippen molar-refractivity contribution in [3.8, 4) is 0 Å². The molecule has 2 heterocycles. The van der Waals surface area contributed by atoms with Gasteiger partial charge >= 0.3 is 0 Å². The van der Waals surface area contributed by atoms with Gasteiger partial charge in [-0.3, -0.25) is 4.79 Å². The highest BCUT2D eigenvalue weighted by molar-refractivity contribution is 7.89. The molecular formula is C20H25N3O3S. The number of sulfonamides is 1. The number of hydrogen-bond donors (Lipinski definition) is 2. The summed E-state index contributed by atoms with van der Waals surface area (Å²) in [4.78, 5) is 17.1. The molecule has 0 bridgehead atoms. The van der Waals surface area contributed by atoms with E-state index < -0.39 is 10.0 Å². The minimum absolute atomic E-state index is 0.118. The Labute approximate surface area is 160 Å². The number of nitrogens with zero attached hydrogens (tertiary/aromatic N) is 1. The zero-order valence-corrected chi connectivity index (χ0v) is 16.1. The Kier molecular flexibility index (Phi) is 4.82. The van der Waals surface area contributed by atoms with E-state index in [1.165, 1.54) is 17.8 Å². The van der Waals surface area contributed by atoms with Gasteiger partial charge in [0.1, 0.15) is 10.6 Å². The third-order valence-electron chi connectivity index (χ3n) is 5.89. The second-order valence-corrected chi connectivity index (χ2v) is 9.34. The molecule has 2 aromatic rings. The third-order valence-corrected chi connectivity index (χ3v) is 7.27. The van der Waals surface area contributed by atoms with E-state index in [0.717, 1.165) is 45.2 Å². The third kappa shape index (κ3) is 3.53. The normalized spacial score (nSPS) is 19.0. The Hall–Kier alpha value is -2.12. The highest BCUT2D eigenvalue weighted by atomic mass is 32.2. The van der Waals surface area contributed by atoms with Gasteiger partial charge in [-0.15, -0.1) is 0 Å². The molecule has 4 rings (SSSR count). The molecule has 144 valence electrons. The lowest BCUT2D eigenvalue weighted by Crippen LogP contribution is -2.45. The molecule has 1 amide bonds. The van der Waals surface area contributed by atoms with Crippen molar-refractivity contribution in [2.45, 2.75) is 42.4 Å². The second kappa shape index (κ2) is 7.13. The molecule has 0 spiro atoms. The molecule has 1 saturated heterocycles. The van der Waals surface area contributed by atoms with Gasteiger partial charge in [-0.1, -0.05) is 36.8 Å². The van der Waals surface area contributed by atoms with Gasteiger partial charge in [0.2, 0.25) is 10.0 Å². The first-order valence-corrected chi connectivity index (χ1v) is 11.0. The van der Waals surface area contributed by atoms with Crippen molar-refractivity contribution in [1.82, 2.24) is 14.6 Å². The fraction of sp³-hybridized carbons (Fsp3) is 0.450. The van der Waals surface area contributed by atoms with Gasteiger partial charge in [-0.25, -0.2) is 13.1 Å². The molecule has 1 saturated carbocycles. The van der Waals surface area contributed by atoms with Crippen LogP contribution in [0.15, 0.2) is 47.5 Å². The predicted molar refractivity (Wildman–Crippen MR) is 103 cm³/mol. The van der Waals surface area contributed by atoms with Crippen molar-refractivity contribution < 1.29 is 13.2 Å². The van der Waals surface area contributed by atoms with Crippen LogP contribution in [-0.4, -0.2) is 43.8 Å². The van der Waals surface area contributed by atoms with E-state index in [4.69, 9.17) is 0 Å². The monoisotopic (exact) mass is 387 g/mol. The number of carbonyl (C=O) groups is 1. The Morgan fingerprint density at radius 2 is 1.81 bits per heavy atom. The Morgan fingerprint density at radius 1 is 1.11 bits per heavy atom. The van der Waals surface area contributed by atoms with Crippen LogP contribution in [0.2, 0.25) is 0 Å². The Bertz CT molecular complexity index is 911. The van der Waals surface area contributed by atoms with Gasteiger partial charge in [-0.2, -0.15) is 0 Å². The molecule has 1 aromatic heterocycles. The lowest BCUT2D eigenvalue weighted by atomic mass is 9.64. The average Bonchev–Trinajstić information content (AvgIpc) is 3.33. The summed E-state index contributed by atoms with van der Waals surface area (Å²) >= 11 is 0. The molecule has 2 N–H and O–H groups in total. The summed E-state index contributed by atoms with van der Waals surface area (Å²) < 4.78 is 28.3. The van der Waals surface area contributed by atoms with Crippen LogP contribution in [0.5, 0.6) is 0 Å². The van der Waals surface area contributed by atoms with Gasteiger partial charge in [-0.05, 0) is 37.3 Å². The maximum absolute atomic E-state index is 12.8. The minimum Gasteiger partial charge on any atom is -0.356 e. The first-order valence-electron chi connectivity index (χ1n) is 9.53. The van der Waals surface area contributed by atoms with Gasteiger partial charge in [0.15, 0.2) is 0 Å². The zero-order chi connectivity index (χ0) is 18.9. The summed E-state index contributed by atoms with van der Waals surface area (Å²) in [5, 5.41) is 0. The lowest BCUT2D eigenvalue weighted by molar-refractivity contribution is 0.0787.